The molecule has 1 saturated heterocycles. The lowest BCUT2D eigenvalue weighted by Gasteiger charge is -2.18. The quantitative estimate of drug-likeness (QED) is 0.600. The van der Waals surface area contributed by atoms with Gasteiger partial charge in [0.1, 0.15) is 11.8 Å². The summed E-state index contributed by atoms with van der Waals surface area (Å²) in [5, 5.41) is 8.01. The number of methoxy groups -OCH3 is 1. The van der Waals surface area contributed by atoms with Crippen molar-refractivity contribution < 1.29 is 33.8 Å². The van der Waals surface area contributed by atoms with Gasteiger partial charge in [0.05, 0.1) is 12.0 Å². The number of aliphatic carboxylic acids is 1. The Labute approximate surface area is 147 Å². The van der Waals surface area contributed by atoms with Gasteiger partial charge < -0.3 is 14.6 Å². The Morgan fingerprint density at radius 3 is 2.48 bits per heavy atom. The van der Waals surface area contributed by atoms with E-state index in [1.807, 2.05) is 0 Å². The van der Waals surface area contributed by atoms with Crippen molar-refractivity contribution in [2.75, 3.05) is 13.7 Å². The summed E-state index contributed by atoms with van der Waals surface area (Å²) in [5.74, 6) is -1.97. The van der Waals surface area contributed by atoms with Crippen molar-refractivity contribution in [2.24, 2.45) is 0 Å². The molecule has 0 bridgehead atoms. The minimum atomic E-state index is -1.09. The monoisotopic (exact) mass is 365 g/mol. The molecule has 2 rings (SSSR count). The zero-order valence-electron chi connectivity index (χ0n) is 13.4. The highest BCUT2D eigenvalue weighted by molar-refractivity contribution is 8.18. The molecular formula is C16H15NO7S. The maximum absolute atomic E-state index is 12.3. The molecule has 1 fully saturated rings. The SMILES string of the molecule is COC(=O)[C@H](C)N1C(=O)S/C(=C/c2ccc(OCC(=O)O)cc2)C1=O. The van der Waals surface area contributed by atoms with Gasteiger partial charge >= 0.3 is 11.9 Å². The number of nitrogens with zero attached hydrogens (tertiary/aromatic N) is 1. The molecule has 0 aromatic heterocycles. The molecule has 1 aromatic rings. The number of amides is 2. The largest absolute Gasteiger partial charge is 0.482 e. The van der Waals surface area contributed by atoms with E-state index < -0.39 is 35.7 Å². The van der Waals surface area contributed by atoms with E-state index in [1.165, 1.54) is 20.1 Å². The Kier molecular flexibility index (Phi) is 5.81. The molecule has 0 spiro atoms. The average molecular weight is 365 g/mol. The van der Waals surface area contributed by atoms with E-state index >= 15 is 0 Å². The van der Waals surface area contributed by atoms with Crippen molar-refractivity contribution in [3.8, 4) is 5.75 Å². The van der Waals surface area contributed by atoms with Crippen molar-refractivity contribution in [3.63, 3.8) is 0 Å². The number of hydrogen-bond donors (Lipinski definition) is 1. The Morgan fingerprint density at radius 1 is 1.28 bits per heavy atom. The van der Waals surface area contributed by atoms with Crippen molar-refractivity contribution in [3.05, 3.63) is 34.7 Å². The molecule has 0 aliphatic carbocycles. The fourth-order valence-electron chi connectivity index (χ4n) is 2.05. The number of imide groups is 1. The molecule has 1 aliphatic rings. The summed E-state index contributed by atoms with van der Waals surface area (Å²) in [7, 11) is 1.18. The molecule has 0 saturated carbocycles. The first-order valence-electron chi connectivity index (χ1n) is 7.13. The lowest BCUT2D eigenvalue weighted by molar-refractivity contribution is -0.148. The first kappa shape index (κ1) is 18.5. The van der Waals surface area contributed by atoms with Crippen molar-refractivity contribution in [1.29, 1.82) is 0 Å². The predicted molar refractivity (Wildman–Crippen MR) is 88.9 cm³/mol. The summed E-state index contributed by atoms with van der Waals surface area (Å²) in [6.45, 7) is 0.962. The topological polar surface area (TPSA) is 110 Å². The minimum absolute atomic E-state index is 0.181. The third kappa shape index (κ3) is 4.38. The van der Waals surface area contributed by atoms with Crippen LogP contribution in [0.4, 0.5) is 4.79 Å². The Hall–Kier alpha value is -2.81. The second kappa shape index (κ2) is 7.84. The third-order valence-corrected chi connectivity index (χ3v) is 4.18. The highest BCUT2D eigenvalue weighted by Gasteiger charge is 2.41. The standard InChI is InChI=1S/C16H15NO7S/c1-9(15(21)23-2)17-14(20)12(25-16(17)22)7-10-3-5-11(6-4-10)24-8-13(18)19/h3-7,9H,8H2,1-2H3,(H,18,19)/b12-7+/t9-/m0/s1. The van der Waals surface area contributed by atoms with Gasteiger partial charge in [0.15, 0.2) is 6.61 Å². The number of rotatable bonds is 6. The molecule has 0 unspecified atom stereocenters. The van der Waals surface area contributed by atoms with Crippen LogP contribution in [-0.4, -0.2) is 52.8 Å². The number of benzene rings is 1. The average Bonchev–Trinajstić information content (AvgIpc) is 2.86. The van der Waals surface area contributed by atoms with Crippen LogP contribution < -0.4 is 4.74 Å². The van der Waals surface area contributed by atoms with E-state index in [0.717, 1.165) is 16.7 Å². The maximum atomic E-state index is 12.3. The fraction of sp³-hybridized carbons (Fsp3) is 0.250. The number of hydrogen-bond acceptors (Lipinski definition) is 7. The number of carbonyl (C=O) groups is 4. The highest BCUT2D eigenvalue weighted by Crippen LogP contribution is 2.34. The first-order valence-corrected chi connectivity index (χ1v) is 7.94. The van der Waals surface area contributed by atoms with Gasteiger partial charge in [-0.3, -0.25) is 14.5 Å². The predicted octanol–water partition coefficient (Wildman–Crippen LogP) is 1.75. The van der Waals surface area contributed by atoms with Gasteiger partial charge in [0.25, 0.3) is 11.1 Å². The summed E-state index contributed by atoms with van der Waals surface area (Å²) in [6.07, 6.45) is 1.51. The summed E-state index contributed by atoms with van der Waals surface area (Å²) < 4.78 is 9.57. The molecule has 2 amide bonds. The van der Waals surface area contributed by atoms with E-state index in [2.05, 4.69) is 4.74 Å². The summed E-state index contributed by atoms with van der Waals surface area (Å²) in [6, 6.07) is 5.34. The molecule has 1 atom stereocenters. The van der Waals surface area contributed by atoms with Crippen LogP contribution in [0.5, 0.6) is 5.75 Å². The molecule has 1 aliphatic heterocycles. The minimum Gasteiger partial charge on any atom is -0.482 e. The Morgan fingerprint density at radius 2 is 1.92 bits per heavy atom. The van der Waals surface area contributed by atoms with E-state index in [9.17, 15) is 19.2 Å². The fourth-order valence-corrected chi connectivity index (χ4v) is 2.95. The number of esters is 1. The number of thioether (sulfide) groups is 1. The van der Waals surface area contributed by atoms with Crippen LogP contribution >= 0.6 is 11.8 Å². The van der Waals surface area contributed by atoms with Crippen LogP contribution in [0.3, 0.4) is 0 Å². The summed E-state index contributed by atoms with van der Waals surface area (Å²) in [5.41, 5.74) is 0.624. The number of ether oxygens (including phenoxy) is 2. The zero-order valence-corrected chi connectivity index (χ0v) is 14.2. The van der Waals surface area contributed by atoms with Crippen molar-refractivity contribution in [1.82, 2.24) is 4.90 Å². The van der Waals surface area contributed by atoms with Gasteiger partial charge in [-0.2, -0.15) is 0 Å². The molecule has 8 nitrogen and oxygen atoms in total. The molecule has 25 heavy (non-hydrogen) atoms. The summed E-state index contributed by atoms with van der Waals surface area (Å²) >= 11 is 0.733. The lowest BCUT2D eigenvalue weighted by Crippen LogP contribution is -2.42. The van der Waals surface area contributed by atoms with Crippen LogP contribution in [0.2, 0.25) is 0 Å². The van der Waals surface area contributed by atoms with E-state index in [-0.39, 0.29) is 4.91 Å². The second-order valence-electron chi connectivity index (χ2n) is 5.00. The van der Waals surface area contributed by atoms with Crippen molar-refractivity contribution >= 4 is 40.9 Å². The van der Waals surface area contributed by atoms with Crippen molar-refractivity contribution in [2.45, 2.75) is 13.0 Å². The van der Waals surface area contributed by atoms with Gasteiger partial charge in [0, 0.05) is 0 Å². The van der Waals surface area contributed by atoms with Crippen LogP contribution in [-0.2, 0) is 19.1 Å². The molecule has 1 N–H and O–H groups in total. The van der Waals surface area contributed by atoms with Gasteiger partial charge in [-0.1, -0.05) is 12.1 Å². The van der Waals surface area contributed by atoms with Gasteiger partial charge in [-0.25, -0.2) is 9.59 Å². The van der Waals surface area contributed by atoms with E-state index in [0.29, 0.717) is 11.3 Å². The van der Waals surface area contributed by atoms with Crippen LogP contribution in [0, 0.1) is 0 Å². The molecule has 1 aromatic carbocycles. The smallest absolute Gasteiger partial charge is 0.341 e. The number of carboxylic acid groups (broad SMARTS) is 1. The summed E-state index contributed by atoms with van der Waals surface area (Å²) in [4.78, 5) is 47.4. The maximum Gasteiger partial charge on any atom is 0.341 e. The Bertz CT molecular complexity index is 741. The molecule has 0 radical (unpaired) electrons. The molecule has 9 heteroatoms. The van der Waals surface area contributed by atoms with Gasteiger partial charge in [-0.05, 0) is 42.5 Å². The van der Waals surface area contributed by atoms with Gasteiger partial charge in [-0.15, -0.1) is 0 Å². The normalized spacial score (nSPS) is 16.9. The van der Waals surface area contributed by atoms with Gasteiger partial charge in [0.2, 0.25) is 0 Å². The third-order valence-electron chi connectivity index (χ3n) is 3.29. The van der Waals surface area contributed by atoms with Crippen LogP contribution in [0.15, 0.2) is 29.2 Å². The Balaban J connectivity index is 2.13. The molecule has 132 valence electrons. The lowest BCUT2D eigenvalue weighted by atomic mass is 10.2. The molecule has 1 heterocycles. The van der Waals surface area contributed by atoms with E-state index in [1.54, 1.807) is 24.3 Å². The second-order valence-corrected chi connectivity index (χ2v) is 6.00. The highest BCUT2D eigenvalue weighted by atomic mass is 32.2. The zero-order chi connectivity index (χ0) is 18.6. The number of carbonyl (C=O) groups excluding carboxylic acids is 3. The van der Waals surface area contributed by atoms with Crippen LogP contribution in [0.25, 0.3) is 6.08 Å². The number of carboxylic acids is 1. The van der Waals surface area contributed by atoms with E-state index in [4.69, 9.17) is 9.84 Å². The molecular weight excluding hydrogens is 350 g/mol. The van der Waals surface area contributed by atoms with Crippen LogP contribution in [0.1, 0.15) is 12.5 Å². The first-order chi connectivity index (χ1) is 11.8.